The number of hydrogen-bond donors (Lipinski definition) is 1. The van der Waals surface area contributed by atoms with Crippen molar-refractivity contribution >= 4 is 17.7 Å². The van der Waals surface area contributed by atoms with E-state index in [9.17, 15) is 14.4 Å². The molecule has 1 unspecified atom stereocenters. The second kappa shape index (κ2) is 9.19. The number of carbonyl (C=O) groups is 3. The molecule has 3 rings (SSSR count). The molecule has 1 atom stereocenters. The van der Waals surface area contributed by atoms with Gasteiger partial charge >= 0.3 is 0 Å². The van der Waals surface area contributed by atoms with E-state index in [1.807, 2.05) is 36.9 Å². The van der Waals surface area contributed by atoms with Gasteiger partial charge in [-0.3, -0.25) is 19.3 Å². The van der Waals surface area contributed by atoms with E-state index in [4.69, 9.17) is 0 Å². The molecule has 0 aliphatic carbocycles. The zero-order chi connectivity index (χ0) is 20.1. The lowest BCUT2D eigenvalue weighted by molar-refractivity contribution is -0.137. The predicted octanol–water partition coefficient (Wildman–Crippen LogP) is 0.960. The highest BCUT2D eigenvalue weighted by Crippen LogP contribution is 2.22. The molecular weight excluding hydrogens is 356 g/mol. The number of nitrogens with zero attached hydrogens (tertiary/aromatic N) is 3. The minimum Gasteiger partial charge on any atom is -0.353 e. The van der Waals surface area contributed by atoms with Crippen LogP contribution in [0.15, 0.2) is 30.3 Å². The lowest BCUT2D eigenvalue weighted by Crippen LogP contribution is -2.55. The molecule has 2 aliphatic rings. The van der Waals surface area contributed by atoms with E-state index < -0.39 is 0 Å². The molecule has 2 saturated heterocycles. The molecule has 1 aromatic rings. The molecule has 2 heterocycles. The van der Waals surface area contributed by atoms with Gasteiger partial charge in [0.25, 0.3) is 5.91 Å². The first-order valence-electron chi connectivity index (χ1n) is 10.1. The van der Waals surface area contributed by atoms with E-state index in [1.54, 1.807) is 17.0 Å². The number of rotatable bonds is 5. The van der Waals surface area contributed by atoms with Gasteiger partial charge in [-0.2, -0.15) is 0 Å². The Hall–Kier alpha value is -2.41. The minimum atomic E-state index is -0.372. The summed E-state index contributed by atoms with van der Waals surface area (Å²) in [6.07, 6.45) is 1.57. The number of likely N-dealkylation sites (tertiary alicyclic amines) is 1. The van der Waals surface area contributed by atoms with Gasteiger partial charge in [0.15, 0.2) is 0 Å². The van der Waals surface area contributed by atoms with Crippen LogP contribution in [-0.2, 0) is 9.59 Å². The summed E-state index contributed by atoms with van der Waals surface area (Å²) < 4.78 is 0. The Kier molecular flexibility index (Phi) is 6.67. The van der Waals surface area contributed by atoms with Gasteiger partial charge in [0.1, 0.15) is 6.04 Å². The van der Waals surface area contributed by atoms with E-state index >= 15 is 0 Å². The molecule has 0 radical (unpaired) electrons. The summed E-state index contributed by atoms with van der Waals surface area (Å²) in [5.41, 5.74) is 0.628. The number of piperazine rings is 1. The Morgan fingerprint density at radius 2 is 1.71 bits per heavy atom. The SMILES string of the molecule is CC(C)NC(=O)CN1CCN(C(=O)C2CCCN2C(=O)c2ccccc2)CC1. The zero-order valence-corrected chi connectivity index (χ0v) is 16.8. The highest BCUT2D eigenvalue weighted by atomic mass is 16.2. The normalized spacial score (nSPS) is 20.5. The van der Waals surface area contributed by atoms with Crippen molar-refractivity contribution in [2.45, 2.75) is 38.8 Å². The van der Waals surface area contributed by atoms with Crippen molar-refractivity contribution in [2.75, 3.05) is 39.3 Å². The number of carbonyl (C=O) groups excluding carboxylic acids is 3. The van der Waals surface area contributed by atoms with Gasteiger partial charge in [0, 0.05) is 44.3 Å². The van der Waals surface area contributed by atoms with E-state index in [0.29, 0.717) is 51.3 Å². The van der Waals surface area contributed by atoms with Gasteiger partial charge in [-0.15, -0.1) is 0 Å². The van der Waals surface area contributed by atoms with Crippen LogP contribution in [0.5, 0.6) is 0 Å². The molecular formula is C21H30N4O3. The van der Waals surface area contributed by atoms with Gasteiger partial charge in [0.2, 0.25) is 11.8 Å². The summed E-state index contributed by atoms with van der Waals surface area (Å²) in [6, 6.07) is 8.91. The van der Waals surface area contributed by atoms with E-state index in [2.05, 4.69) is 10.2 Å². The van der Waals surface area contributed by atoms with Crippen molar-refractivity contribution in [1.29, 1.82) is 0 Å². The van der Waals surface area contributed by atoms with Crippen molar-refractivity contribution in [1.82, 2.24) is 20.0 Å². The summed E-state index contributed by atoms with van der Waals surface area (Å²) in [6.45, 7) is 7.42. The quantitative estimate of drug-likeness (QED) is 0.818. The fourth-order valence-corrected chi connectivity index (χ4v) is 3.92. The van der Waals surface area contributed by atoms with Crippen molar-refractivity contribution in [3.63, 3.8) is 0 Å². The van der Waals surface area contributed by atoms with Crippen molar-refractivity contribution in [3.05, 3.63) is 35.9 Å². The predicted molar refractivity (Wildman–Crippen MR) is 107 cm³/mol. The Bertz CT molecular complexity index is 699. The van der Waals surface area contributed by atoms with E-state index in [0.717, 1.165) is 6.42 Å². The van der Waals surface area contributed by atoms with Crippen LogP contribution >= 0.6 is 0 Å². The molecule has 2 aliphatic heterocycles. The highest BCUT2D eigenvalue weighted by molar-refractivity contribution is 5.98. The van der Waals surface area contributed by atoms with Crippen LogP contribution in [0.3, 0.4) is 0 Å². The smallest absolute Gasteiger partial charge is 0.254 e. The third-order valence-corrected chi connectivity index (χ3v) is 5.32. The second-order valence-electron chi connectivity index (χ2n) is 7.85. The number of hydrogen-bond acceptors (Lipinski definition) is 4. The number of benzene rings is 1. The van der Waals surface area contributed by atoms with Crippen LogP contribution in [0.25, 0.3) is 0 Å². The Morgan fingerprint density at radius 1 is 1.04 bits per heavy atom. The fraction of sp³-hybridized carbons (Fsp3) is 0.571. The van der Waals surface area contributed by atoms with Gasteiger partial charge in [-0.05, 0) is 38.8 Å². The molecule has 28 heavy (non-hydrogen) atoms. The second-order valence-corrected chi connectivity index (χ2v) is 7.85. The van der Waals surface area contributed by atoms with Crippen molar-refractivity contribution in [3.8, 4) is 0 Å². The fourth-order valence-electron chi connectivity index (χ4n) is 3.92. The van der Waals surface area contributed by atoms with Gasteiger partial charge < -0.3 is 15.1 Å². The Labute approximate surface area is 166 Å². The summed E-state index contributed by atoms with van der Waals surface area (Å²) in [5, 5.41) is 2.90. The first-order chi connectivity index (χ1) is 13.5. The summed E-state index contributed by atoms with van der Waals surface area (Å²) in [4.78, 5) is 43.4. The summed E-state index contributed by atoms with van der Waals surface area (Å²) in [7, 11) is 0. The topological polar surface area (TPSA) is 73.0 Å². The molecule has 0 bridgehead atoms. The molecule has 1 N–H and O–H groups in total. The van der Waals surface area contributed by atoms with Crippen molar-refractivity contribution < 1.29 is 14.4 Å². The molecule has 152 valence electrons. The number of nitrogens with one attached hydrogen (secondary N) is 1. The number of amides is 3. The van der Waals surface area contributed by atoms with E-state index in [1.165, 1.54) is 0 Å². The van der Waals surface area contributed by atoms with Gasteiger partial charge in [-0.1, -0.05) is 18.2 Å². The third kappa shape index (κ3) is 4.90. The van der Waals surface area contributed by atoms with Crippen LogP contribution in [0.2, 0.25) is 0 Å². The Balaban J connectivity index is 1.54. The molecule has 7 nitrogen and oxygen atoms in total. The molecule has 7 heteroatoms. The molecule has 0 aromatic heterocycles. The molecule has 3 amide bonds. The third-order valence-electron chi connectivity index (χ3n) is 5.32. The lowest BCUT2D eigenvalue weighted by Gasteiger charge is -2.37. The van der Waals surface area contributed by atoms with Gasteiger partial charge in [-0.25, -0.2) is 0 Å². The maximum atomic E-state index is 13.1. The molecule has 2 fully saturated rings. The average molecular weight is 386 g/mol. The lowest BCUT2D eigenvalue weighted by atomic mass is 10.1. The van der Waals surface area contributed by atoms with Gasteiger partial charge in [0.05, 0.1) is 6.54 Å². The highest BCUT2D eigenvalue weighted by Gasteiger charge is 2.37. The first kappa shape index (κ1) is 20.3. The first-order valence-corrected chi connectivity index (χ1v) is 10.1. The summed E-state index contributed by atoms with van der Waals surface area (Å²) in [5.74, 6) is -0.0151. The monoisotopic (exact) mass is 386 g/mol. The van der Waals surface area contributed by atoms with Crippen LogP contribution in [0.1, 0.15) is 37.0 Å². The van der Waals surface area contributed by atoms with Crippen LogP contribution in [0, 0.1) is 0 Å². The standard InChI is InChI=1S/C21H30N4O3/c1-16(2)22-19(26)15-23-11-13-24(14-12-23)21(28)18-9-6-10-25(18)20(27)17-7-4-3-5-8-17/h3-5,7-8,16,18H,6,9-15H2,1-2H3,(H,22,26). The van der Waals surface area contributed by atoms with Crippen molar-refractivity contribution in [2.24, 2.45) is 0 Å². The molecule has 0 spiro atoms. The molecule has 0 saturated carbocycles. The van der Waals surface area contributed by atoms with E-state index in [-0.39, 0.29) is 29.8 Å². The maximum Gasteiger partial charge on any atom is 0.254 e. The van der Waals surface area contributed by atoms with Crippen LogP contribution in [-0.4, -0.2) is 83.8 Å². The largest absolute Gasteiger partial charge is 0.353 e. The molecule has 1 aromatic carbocycles. The summed E-state index contributed by atoms with van der Waals surface area (Å²) >= 11 is 0. The van der Waals surface area contributed by atoms with Crippen LogP contribution < -0.4 is 5.32 Å². The Morgan fingerprint density at radius 3 is 2.36 bits per heavy atom. The zero-order valence-electron chi connectivity index (χ0n) is 16.8. The average Bonchev–Trinajstić information content (AvgIpc) is 3.17. The van der Waals surface area contributed by atoms with Crippen LogP contribution in [0.4, 0.5) is 0 Å². The maximum absolute atomic E-state index is 13.1. The minimum absolute atomic E-state index is 0.0187.